The summed E-state index contributed by atoms with van der Waals surface area (Å²) in [6.45, 7) is 3.62. The zero-order valence-electron chi connectivity index (χ0n) is 9.23. The number of nitrogens with zero attached hydrogens (tertiary/aromatic N) is 1. The van der Waals surface area contributed by atoms with Crippen LogP contribution in [0.4, 0.5) is 11.4 Å². The number of hydrogen-bond acceptors (Lipinski definition) is 4. The molecule has 0 bridgehead atoms. The molecule has 88 valence electrons. The minimum Gasteiger partial charge on any atom is -0.399 e. The van der Waals surface area contributed by atoms with Crippen LogP contribution in [0.25, 0.3) is 0 Å². The van der Waals surface area contributed by atoms with Gasteiger partial charge in [-0.2, -0.15) is 0 Å². The van der Waals surface area contributed by atoms with E-state index in [-0.39, 0.29) is 0 Å². The Bertz CT molecular complexity index is 285. The van der Waals surface area contributed by atoms with Crippen molar-refractivity contribution in [2.24, 2.45) is 0 Å². The monoisotopic (exact) mass is 222 g/mol. The molecule has 1 saturated heterocycles. The molecular formula is C11H18N4O. The van der Waals surface area contributed by atoms with Gasteiger partial charge in [-0.3, -0.25) is 4.79 Å². The average Bonchev–Trinajstić information content (AvgIpc) is 2.35. The van der Waals surface area contributed by atoms with Gasteiger partial charge >= 0.3 is 0 Å². The van der Waals surface area contributed by atoms with Gasteiger partial charge in [0.25, 0.3) is 0 Å². The molecule has 2 rings (SSSR count). The third-order valence-corrected chi connectivity index (χ3v) is 2.24. The van der Waals surface area contributed by atoms with Crippen LogP contribution in [0.15, 0.2) is 24.3 Å². The van der Waals surface area contributed by atoms with Crippen molar-refractivity contribution < 1.29 is 4.79 Å². The molecule has 1 amide bonds. The summed E-state index contributed by atoms with van der Waals surface area (Å²) in [5.74, 6) is 0. The topological polar surface area (TPSA) is 84.4 Å². The molecule has 1 aromatic carbocycles. The lowest BCUT2D eigenvalue weighted by Gasteiger charge is -2.22. The first-order valence-electron chi connectivity index (χ1n) is 5.23. The van der Waals surface area contributed by atoms with Gasteiger partial charge in [-0.05, 0) is 24.3 Å². The zero-order valence-corrected chi connectivity index (χ0v) is 9.23. The van der Waals surface area contributed by atoms with Crippen LogP contribution in [0.1, 0.15) is 0 Å². The van der Waals surface area contributed by atoms with Crippen LogP contribution in [0, 0.1) is 0 Å². The van der Waals surface area contributed by atoms with E-state index in [1.54, 1.807) is 29.2 Å². The van der Waals surface area contributed by atoms with Crippen molar-refractivity contribution in [2.45, 2.75) is 0 Å². The molecule has 16 heavy (non-hydrogen) atoms. The maximum atomic E-state index is 10.1. The van der Waals surface area contributed by atoms with Crippen molar-refractivity contribution in [3.8, 4) is 0 Å². The number of carbonyl (C=O) groups excluding carboxylic acids is 1. The predicted octanol–water partition coefficient (Wildman–Crippen LogP) is -0.101. The van der Waals surface area contributed by atoms with Gasteiger partial charge in [-0.15, -0.1) is 0 Å². The molecule has 0 aromatic heterocycles. The van der Waals surface area contributed by atoms with E-state index in [9.17, 15) is 4.79 Å². The molecule has 0 radical (unpaired) electrons. The summed E-state index contributed by atoms with van der Waals surface area (Å²) >= 11 is 0. The van der Waals surface area contributed by atoms with Crippen molar-refractivity contribution in [1.82, 2.24) is 10.2 Å². The molecule has 0 aliphatic carbocycles. The van der Waals surface area contributed by atoms with Crippen LogP contribution < -0.4 is 16.8 Å². The highest BCUT2D eigenvalue weighted by Crippen LogP contribution is 2.04. The predicted molar refractivity (Wildman–Crippen MR) is 65.8 cm³/mol. The number of carbonyl (C=O) groups is 1. The molecule has 0 saturated carbocycles. The zero-order chi connectivity index (χ0) is 11.8. The molecular weight excluding hydrogens is 204 g/mol. The number of benzene rings is 1. The Balaban J connectivity index is 0.000000160. The quantitative estimate of drug-likeness (QED) is 0.457. The van der Waals surface area contributed by atoms with Gasteiger partial charge < -0.3 is 21.7 Å². The first kappa shape index (κ1) is 12.3. The summed E-state index contributed by atoms with van der Waals surface area (Å²) in [5.41, 5.74) is 12.2. The number of anilines is 2. The van der Waals surface area contributed by atoms with E-state index in [1.165, 1.54) is 0 Å². The van der Waals surface area contributed by atoms with Crippen LogP contribution in [0.5, 0.6) is 0 Å². The molecule has 5 nitrogen and oxygen atoms in total. The van der Waals surface area contributed by atoms with E-state index in [1.807, 2.05) is 0 Å². The van der Waals surface area contributed by atoms with Gasteiger partial charge in [0.1, 0.15) is 0 Å². The van der Waals surface area contributed by atoms with E-state index in [0.717, 1.165) is 44.0 Å². The lowest BCUT2D eigenvalue weighted by atomic mass is 10.3. The van der Waals surface area contributed by atoms with Crippen LogP contribution in [0.3, 0.4) is 0 Å². The summed E-state index contributed by atoms with van der Waals surface area (Å²) in [5, 5.41) is 3.15. The molecule has 0 atom stereocenters. The molecule has 5 N–H and O–H groups in total. The minimum absolute atomic E-state index is 0.749. The number of nitrogens with two attached hydrogens (primary N) is 2. The smallest absolute Gasteiger partial charge is 0.209 e. The molecule has 0 spiro atoms. The lowest BCUT2D eigenvalue weighted by Crippen LogP contribution is -2.42. The van der Waals surface area contributed by atoms with Crippen LogP contribution in [0.2, 0.25) is 0 Å². The molecule has 1 aromatic rings. The van der Waals surface area contributed by atoms with Crippen LogP contribution >= 0.6 is 0 Å². The standard InChI is InChI=1S/C6H8N2.C5H10N2O/c7-5-1-2-6(8)4-3-5;8-5-7-3-1-6-2-4-7/h1-4H,7-8H2;5-6H,1-4H2. The third kappa shape index (κ3) is 4.65. The largest absolute Gasteiger partial charge is 0.399 e. The Labute approximate surface area is 95.4 Å². The van der Waals surface area contributed by atoms with Gasteiger partial charge in [-0.25, -0.2) is 0 Å². The van der Waals surface area contributed by atoms with E-state index < -0.39 is 0 Å². The van der Waals surface area contributed by atoms with Crippen LogP contribution in [-0.2, 0) is 4.79 Å². The number of nitrogen functional groups attached to an aromatic ring is 2. The fourth-order valence-corrected chi connectivity index (χ4v) is 1.28. The van der Waals surface area contributed by atoms with Crippen molar-refractivity contribution in [3.05, 3.63) is 24.3 Å². The lowest BCUT2D eigenvalue weighted by molar-refractivity contribution is -0.118. The Hall–Kier alpha value is -1.75. The number of rotatable bonds is 1. The molecule has 5 heteroatoms. The fraction of sp³-hybridized carbons (Fsp3) is 0.364. The first-order valence-corrected chi connectivity index (χ1v) is 5.23. The van der Waals surface area contributed by atoms with Crippen LogP contribution in [-0.4, -0.2) is 37.5 Å². The van der Waals surface area contributed by atoms with Gasteiger partial charge in [0.05, 0.1) is 0 Å². The van der Waals surface area contributed by atoms with Gasteiger partial charge in [0, 0.05) is 37.6 Å². The van der Waals surface area contributed by atoms with Crippen molar-refractivity contribution in [1.29, 1.82) is 0 Å². The normalized spacial score (nSPS) is 14.9. The minimum atomic E-state index is 0.749. The highest BCUT2D eigenvalue weighted by atomic mass is 16.1. The summed E-state index contributed by atoms with van der Waals surface area (Å²) in [6, 6.07) is 7.09. The number of nitrogens with one attached hydrogen (secondary N) is 1. The summed E-state index contributed by atoms with van der Waals surface area (Å²) in [6.07, 6.45) is 0.904. The highest BCUT2D eigenvalue weighted by molar-refractivity contribution is 5.48. The highest BCUT2D eigenvalue weighted by Gasteiger charge is 2.04. The number of piperazine rings is 1. The van der Waals surface area contributed by atoms with E-state index in [4.69, 9.17) is 11.5 Å². The SMILES string of the molecule is Nc1ccc(N)cc1.O=CN1CCNCC1. The first-order chi connectivity index (χ1) is 7.72. The Kier molecular flexibility index (Phi) is 5.15. The Morgan fingerprint density at radius 3 is 1.81 bits per heavy atom. The molecule has 1 aliphatic rings. The van der Waals surface area contributed by atoms with Crippen molar-refractivity contribution >= 4 is 17.8 Å². The Morgan fingerprint density at radius 2 is 1.50 bits per heavy atom. The molecule has 1 heterocycles. The van der Waals surface area contributed by atoms with E-state index in [0.29, 0.717) is 0 Å². The second-order valence-corrected chi connectivity index (χ2v) is 3.56. The van der Waals surface area contributed by atoms with E-state index >= 15 is 0 Å². The average molecular weight is 222 g/mol. The van der Waals surface area contributed by atoms with Gasteiger partial charge in [0.15, 0.2) is 0 Å². The molecule has 1 aliphatic heterocycles. The van der Waals surface area contributed by atoms with Gasteiger partial charge in [-0.1, -0.05) is 0 Å². The second-order valence-electron chi connectivity index (χ2n) is 3.56. The van der Waals surface area contributed by atoms with Gasteiger partial charge in [0.2, 0.25) is 6.41 Å². The summed E-state index contributed by atoms with van der Waals surface area (Å²) < 4.78 is 0. The summed E-state index contributed by atoms with van der Waals surface area (Å²) in [4.78, 5) is 11.8. The third-order valence-electron chi connectivity index (χ3n) is 2.24. The maximum Gasteiger partial charge on any atom is 0.209 e. The summed E-state index contributed by atoms with van der Waals surface area (Å²) in [7, 11) is 0. The molecule has 1 fully saturated rings. The molecule has 0 unspecified atom stereocenters. The number of hydrogen-bond donors (Lipinski definition) is 3. The van der Waals surface area contributed by atoms with Crippen molar-refractivity contribution in [2.75, 3.05) is 37.6 Å². The van der Waals surface area contributed by atoms with E-state index in [2.05, 4.69) is 5.32 Å². The second kappa shape index (κ2) is 6.68. The Morgan fingerprint density at radius 1 is 1.06 bits per heavy atom. The number of amides is 1. The maximum absolute atomic E-state index is 10.1. The van der Waals surface area contributed by atoms with Crippen molar-refractivity contribution in [3.63, 3.8) is 0 Å². The fourth-order valence-electron chi connectivity index (χ4n) is 1.28.